The molecule has 3 amide bonds. The number of halogens is 4. The van der Waals surface area contributed by atoms with Crippen LogP contribution < -0.4 is 15.4 Å². The number of nitrogens with one attached hydrogen (secondary N) is 3. The molecule has 50 heavy (non-hydrogen) atoms. The van der Waals surface area contributed by atoms with Gasteiger partial charge in [0, 0.05) is 37.3 Å². The number of carbonyl (C=O) groups is 3. The summed E-state index contributed by atoms with van der Waals surface area (Å²) < 4.78 is 74.3. The van der Waals surface area contributed by atoms with Gasteiger partial charge in [0.1, 0.15) is 35.5 Å². The number of rotatable bonds is 9. The summed E-state index contributed by atoms with van der Waals surface area (Å²) in [6.45, 7) is 1.11. The predicted octanol–water partition coefficient (Wildman–Crippen LogP) is 3.57. The molecule has 2 saturated carbocycles. The molecule has 3 N–H and O–H groups in total. The number of benzene rings is 1. The van der Waals surface area contributed by atoms with E-state index < -0.39 is 66.7 Å². The predicted molar refractivity (Wildman–Crippen MR) is 167 cm³/mol. The number of carbonyl (C=O) groups excluding carboxylic acids is 3. The number of aromatic amines is 1. The summed E-state index contributed by atoms with van der Waals surface area (Å²) in [6, 6.07) is 2.46. The summed E-state index contributed by atoms with van der Waals surface area (Å²) in [7, 11) is 0. The molecule has 1 aromatic carbocycles. The van der Waals surface area contributed by atoms with Crippen molar-refractivity contribution in [2.45, 2.75) is 81.0 Å². The van der Waals surface area contributed by atoms with E-state index >= 15 is 4.39 Å². The summed E-state index contributed by atoms with van der Waals surface area (Å²) in [6.07, 6.45) is -0.419. The monoisotopic (exact) mass is 704 g/mol. The molecule has 5 heterocycles. The van der Waals surface area contributed by atoms with E-state index in [1.165, 1.54) is 18.3 Å². The highest BCUT2D eigenvalue weighted by atomic mass is 19.4. The number of ether oxygens (including phenoxy) is 3. The zero-order valence-electron chi connectivity index (χ0n) is 27.3. The minimum absolute atomic E-state index is 0.119. The average molecular weight is 705 g/mol. The van der Waals surface area contributed by atoms with Crippen LogP contribution in [0.4, 0.5) is 23.2 Å². The van der Waals surface area contributed by atoms with Crippen molar-refractivity contribution in [3.63, 3.8) is 0 Å². The highest BCUT2D eigenvalue weighted by molar-refractivity contribution is 6.01. The number of morpholine rings is 1. The topological polar surface area (TPSA) is 138 Å². The van der Waals surface area contributed by atoms with Gasteiger partial charge in [0.05, 0.1) is 37.5 Å². The Morgan fingerprint density at radius 3 is 2.40 bits per heavy atom. The van der Waals surface area contributed by atoms with Crippen molar-refractivity contribution in [3.8, 4) is 5.75 Å². The standard InChI is InChI=1S/C34H40F4N6O6/c35-22-11-21-25(44-14-27(34(36,37)38)49-17-28(44)45)13-33(6-9-43(10-7-33)20-15-48-16-20)50-26(21)12-24(22)40-32(47)30(29(18-1-2-18)19-3-4-19)41-31(46)23-5-8-39-42-23/h5,8,11-12,18-20,25,27,29-30H,1-4,6-7,9-10,13-17H2,(H,39,42)(H,40,47)(H,41,46)/t25?,27?,30-/m0/s1. The Hall–Kier alpha value is -3.76. The molecule has 2 aromatic rings. The highest BCUT2D eigenvalue weighted by Crippen LogP contribution is 2.52. The zero-order chi connectivity index (χ0) is 34.8. The van der Waals surface area contributed by atoms with Crippen LogP contribution in [0.2, 0.25) is 0 Å². The van der Waals surface area contributed by atoms with Crippen LogP contribution in [-0.2, 0) is 19.1 Å². The van der Waals surface area contributed by atoms with Crippen LogP contribution in [-0.4, -0.2) is 107 Å². The number of alkyl halides is 3. The maximum absolute atomic E-state index is 16.1. The maximum atomic E-state index is 16.1. The molecule has 12 nitrogen and oxygen atoms in total. The number of piperidine rings is 1. The van der Waals surface area contributed by atoms with E-state index in [2.05, 4.69) is 25.7 Å². The smallest absolute Gasteiger partial charge is 0.416 e. The molecule has 0 bridgehead atoms. The Bertz CT molecular complexity index is 1610. The second-order valence-electron chi connectivity index (χ2n) is 14.7. The van der Waals surface area contributed by atoms with Crippen LogP contribution in [0.5, 0.6) is 5.75 Å². The molecule has 2 aliphatic carbocycles. The fourth-order valence-electron chi connectivity index (χ4n) is 8.19. The first-order valence-corrected chi connectivity index (χ1v) is 17.4. The molecule has 1 aromatic heterocycles. The van der Waals surface area contributed by atoms with Gasteiger partial charge in [0.15, 0.2) is 6.10 Å². The molecule has 1 spiro atoms. The van der Waals surface area contributed by atoms with Crippen molar-refractivity contribution in [2.75, 3.05) is 44.8 Å². The van der Waals surface area contributed by atoms with Crippen molar-refractivity contribution in [1.29, 1.82) is 0 Å². The van der Waals surface area contributed by atoms with Crippen molar-refractivity contribution < 1.29 is 46.2 Å². The van der Waals surface area contributed by atoms with E-state index in [4.69, 9.17) is 14.2 Å². The maximum Gasteiger partial charge on any atom is 0.416 e. The number of likely N-dealkylation sites (tertiary alicyclic amines) is 1. The number of aromatic nitrogens is 2. The molecular weight excluding hydrogens is 664 g/mol. The van der Waals surface area contributed by atoms with Gasteiger partial charge < -0.3 is 29.7 Å². The van der Waals surface area contributed by atoms with Gasteiger partial charge in [-0.05, 0) is 68.4 Å². The quantitative estimate of drug-likeness (QED) is 0.337. The fraction of sp³-hybridized carbons (Fsp3) is 0.647. The first kappa shape index (κ1) is 33.4. The van der Waals surface area contributed by atoms with Gasteiger partial charge in [-0.25, -0.2) is 4.39 Å². The Labute approximate surface area is 285 Å². The molecule has 2 unspecified atom stereocenters. The number of nitrogens with zero attached hydrogens (tertiary/aromatic N) is 3. The van der Waals surface area contributed by atoms with E-state index in [1.807, 2.05) is 0 Å². The van der Waals surface area contributed by atoms with Crippen LogP contribution in [0.3, 0.4) is 0 Å². The van der Waals surface area contributed by atoms with Crippen molar-refractivity contribution >= 4 is 23.4 Å². The lowest BCUT2D eigenvalue weighted by atomic mass is 9.79. The summed E-state index contributed by atoms with van der Waals surface area (Å²) in [4.78, 5) is 43.7. The first-order chi connectivity index (χ1) is 24.0. The Morgan fingerprint density at radius 2 is 1.80 bits per heavy atom. The SMILES string of the molecule is O=C(N[C@H](C(=O)Nc1cc2c(cc1F)C(N1CC(C(F)(F)F)OCC1=O)CC1(CCN(C3COC3)CC1)O2)C(C1CC1)C1CC1)c1ccn[nH]1. The van der Waals surface area contributed by atoms with Crippen molar-refractivity contribution in [2.24, 2.45) is 17.8 Å². The molecule has 16 heteroatoms. The van der Waals surface area contributed by atoms with E-state index in [9.17, 15) is 27.6 Å². The van der Waals surface area contributed by atoms with E-state index in [0.717, 1.165) is 36.6 Å². The van der Waals surface area contributed by atoms with Gasteiger partial charge in [-0.2, -0.15) is 18.3 Å². The Balaban J connectivity index is 1.10. The lowest BCUT2D eigenvalue weighted by Crippen LogP contribution is -2.59. The second kappa shape index (κ2) is 12.8. The first-order valence-electron chi connectivity index (χ1n) is 17.4. The van der Waals surface area contributed by atoms with Gasteiger partial charge in [-0.15, -0.1) is 0 Å². The molecule has 270 valence electrons. The number of hydrogen-bond acceptors (Lipinski definition) is 8. The molecule has 0 radical (unpaired) electrons. The largest absolute Gasteiger partial charge is 0.487 e. The number of fused-ring (bicyclic) bond motifs is 1. The third-order valence-corrected chi connectivity index (χ3v) is 11.3. The second-order valence-corrected chi connectivity index (χ2v) is 14.7. The fourth-order valence-corrected chi connectivity index (χ4v) is 8.19. The van der Waals surface area contributed by atoms with E-state index in [-0.39, 0.29) is 46.9 Å². The Kier molecular flexibility index (Phi) is 8.53. The summed E-state index contributed by atoms with van der Waals surface area (Å²) >= 11 is 0. The number of anilines is 1. The lowest BCUT2D eigenvalue weighted by Gasteiger charge is -2.51. The van der Waals surface area contributed by atoms with Gasteiger partial charge in [0.2, 0.25) is 11.8 Å². The molecular formula is C34H40F4N6O6. The van der Waals surface area contributed by atoms with Gasteiger partial charge >= 0.3 is 6.18 Å². The van der Waals surface area contributed by atoms with Crippen LogP contribution >= 0.6 is 0 Å². The summed E-state index contributed by atoms with van der Waals surface area (Å²) in [5.41, 5.74) is -0.594. The van der Waals surface area contributed by atoms with E-state index in [1.54, 1.807) is 0 Å². The number of hydrogen-bond donors (Lipinski definition) is 3. The third kappa shape index (κ3) is 6.57. The van der Waals surface area contributed by atoms with Gasteiger partial charge in [0.25, 0.3) is 5.91 Å². The van der Waals surface area contributed by atoms with Crippen LogP contribution in [0, 0.1) is 23.6 Å². The highest BCUT2D eigenvalue weighted by Gasteiger charge is 2.52. The molecule has 3 atom stereocenters. The number of amides is 3. The van der Waals surface area contributed by atoms with Crippen molar-refractivity contribution in [1.82, 2.24) is 25.3 Å². The third-order valence-electron chi connectivity index (χ3n) is 11.3. The molecule has 4 aliphatic heterocycles. The van der Waals surface area contributed by atoms with Gasteiger partial charge in [-0.1, -0.05) is 0 Å². The molecule has 6 aliphatic rings. The molecule has 8 rings (SSSR count). The average Bonchev–Trinajstić information content (AvgIpc) is 4.00. The minimum atomic E-state index is -4.69. The molecule has 5 fully saturated rings. The zero-order valence-corrected chi connectivity index (χ0v) is 27.3. The van der Waals surface area contributed by atoms with Crippen LogP contribution in [0.25, 0.3) is 0 Å². The van der Waals surface area contributed by atoms with E-state index in [0.29, 0.717) is 45.2 Å². The van der Waals surface area contributed by atoms with Crippen molar-refractivity contribution in [3.05, 3.63) is 41.5 Å². The Morgan fingerprint density at radius 1 is 1.08 bits per heavy atom. The lowest BCUT2D eigenvalue weighted by molar-refractivity contribution is -0.238. The normalized spacial score (nSPS) is 26.3. The minimum Gasteiger partial charge on any atom is -0.487 e. The summed E-state index contributed by atoms with van der Waals surface area (Å²) in [5.74, 6) is -1.92. The molecule has 3 saturated heterocycles. The van der Waals surface area contributed by atoms with Gasteiger partial charge in [-0.3, -0.25) is 24.4 Å². The van der Waals surface area contributed by atoms with Crippen LogP contribution in [0.1, 0.15) is 67.0 Å². The van der Waals surface area contributed by atoms with Crippen LogP contribution in [0.15, 0.2) is 24.4 Å². The summed E-state index contributed by atoms with van der Waals surface area (Å²) in [5, 5.41) is 12.0. The number of H-pyrrole nitrogens is 1.